The molecule has 5 heteroatoms. The molecule has 2 N–H and O–H groups in total. The van der Waals surface area contributed by atoms with Crippen LogP contribution in [0.5, 0.6) is 0 Å². The van der Waals surface area contributed by atoms with Gasteiger partial charge in [-0.2, -0.15) is 0 Å². The summed E-state index contributed by atoms with van der Waals surface area (Å²) in [6, 6.07) is 0.546. The second-order valence-corrected chi connectivity index (χ2v) is 5.82. The Morgan fingerprint density at radius 3 is 2.58 bits per heavy atom. The Labute approximate surface area is 117 Å². The Morgan fingerprint density at radius 2 is 2.05 bits per heavy atom. The Hall–Kier alpha value is -0.650. The largest absolute Gasteiger partial charge is 0.392 e. The van der Waals surface area contributed by atoms with Gasteiger partial charge in [0.05, 0.1) is 12.6 Å². The van der Waals surface area contributed by atoms with Crippen molar-refractivity contribution in [3.05, 3.63) is 0 Å². The van der Waals surface area contributed by atoms with E-state index < -0.39 is 0 Å². The van der Waals surface area contributed by atoms with Crippen molar-refractivity contribution in [1.82, 2.24) is 15.1 Å². The number of rotatable bonds is 7. The third-order valence-electron chi connectivity index (χ3n) is 3.78. The minimum Gasteiger partial charge on any atom is -0.392 e. The summed E-state index contributed by atoms with van der Waals surface area (Å²) < 4.78 is 0. The van der Waals surface area contributed by atoms with Gasteiger partial charge in [-0.05, 0) is 33.4 Å². The molecule has 112 valence electrons. The number of carbonyl (C=O) groups is 1. The predicted octanol–water partition coefficient (Wildman–Crippen LogP) is 0.288. The van der Waals surface area contributed by atoms with E-state index in [-0.39, 0.29) is 24.1 Å². The van der Waals surface area contributed by atoms with Crippen LogP contribution in [0, 0.1) is 0 Å². The lowest BCUT2D eigenvalue weighted by Crippen LogP contribution is -2.45. The minimum atomic E-state index is -0.300. The molecule has 5 nitrogen and oxygen atoms in total. The van der Waals surface area contributed by atoms with Crippen LogP contribution in [0.2, 0.25) is 0 Å². The fourth-order valence-electron chi connectivity index (χ4n) is 2.71. The van der Waals surface area contributed by atoms with Crippen LogP contribution in [0.25, 0.3) is 0 Å². The molecule has 0 aromatic carbocycles. The summed E-state index contributed by atoms with van der Waals surface area (Å²) in [4.78, 5) is 16.2. The van der Waals surface area contributed by atoms with Crippen molar-refractivity contribution in [2.45, 2.75) is 51.3 Å². The van der Waals surface area contributed by atoms with Crippen LogP contribution < -0.4 is 5.32 Å². The molecule has 19 heavy (non-hydrogen) atoms. The van der Waals surface area contributed by atoms with Crippen LogP contribution in [-0.2, 0) is 4.79 Å². The molecule has 0 spiro atoms. The third kappa shape index (κ3) is 5.47. The summed E-state index contributed by atoms with van der Waals surface area (Å²) in [6.07, 6.45) is 2.39. The topological polar surface area (TPSA) is 55.8 Å². The molecular weight excluding hydrogens is 242 g/mol. The zero-order valence-corrected chi connectivity index (χ0v) is 12.7. The van der Waals surface area contributed by atoms with E-state index in [1.54, 1.807) is 0 Å². The average molecular weight is 271 g/mol. The molecule has 0 aromatic rings. The van der Waals surface area contributed by atoms with Gasteiger partial charge in [0.25, 0.3) is 0 Å². The maximum Gasteiger partial charge on any atom is 0.234 e. The summed E-state index contributed by atoms with van der Waals surface area (Å²) in [5, 5.41) is 12.8. The van der Waals surface area contributed by atoms with Crippen molar-refractivity contribution in [2.24, 2.45) is 0 Å². The number of amides is 1. The molecule has 2 unspecified atom stereocenters. The number of nitrogens with zero attached hydrogens (tertiary/aromatic N) is 2. The Balaban J connectivity index is 2.46. The Morgan fingerprint density at radius 1 is 1.42 bits per heavy atom. The van der Waals surface area contributed by atoms with Crippen LogP contribution in [0.1, 0.15) is 33.1 Å². The van der Waals surface area contributed by atoms with Gasteiger partial charge in [-0.15, -0.1) is 0 Å². The number of hydrogen-bond acceptors (Lipinski definition) is 4. The summed E-state index contributed by atoms with van der Waals surface area (Å²) in [5.41, 5.74) is 0. The van der Waals surface area contributed by atoms with Gasteiger partial charge < -0.3 is 15.3 Å². The zero-order valence-electron chi connectivity index (χ0n) is 12.7. The first-order valence-electron chi connectivity index (χ1n) is 7.32. The lowest BCUT2D eigenvalue weighted by molar-refractivity contribution is -0.123. The fraction of sp³-hybridized carbons (Fsp3) is 0.929. The van der Waals surface area contributed by atoms with Crippen LogP contribution in [0.15, 0.2) is 0 Å². The first-order chi connectivity index (χ1) is 8.96. The van der Waals surface area contributed by atoms with E-state index in [1.807, 2.05) is 14.1 Å². The zero-order chi connectivity index (χ0) is 14.4. The molecule has 1 aliphatic rings. The van der Waals surface area contributed by atoms with Crippen molar-refractivity contribution in [3.63, 3.8) is 0 Å². The van der Waals surface area contributed by atoms with Crippen molar-refractivity contribution < 1.29 is 9.90 Å². The molecule has 2 atom stereocenters. The first kappa shape index (κ1) is 16.4. The molecule has 0 aliphatic carbocycles. The van der Waals surface area contributed by atoms with Gasteiger partial charge in [0.1, 0.15) is 0 Å². The van der Waals surface area contributed by atoms with Crippen LogP contribution >= 0.6 is 0 Å². The fourth-order valence-corrected chi connectivity index (χ4v) is 2.71. The van der Waals surface area contributed by atoms with Gasteiger partial charge >= 0.3 is 0 Å². The monoisotopic (exact) mass is 271 g/mol. The molecule has 0 aromatic heterocycles. The Kier molecular flexibility index (Phi) is 6.75. The van der Waals surface area contributed by atoms with E-state index in [9.17, 15) is 9.90 Å². The van der Waals surface area contributed by atoms with E-state index >= 15 is 0 Å². The van der Waals surface area contributed by atoms with E-state index in [0.29, 0.717) is 13.1 Å². The molecular formula is C14H29N3O2. The van der Waals surface area contributed by atoms with Gasteiger partial charge in [-0.25, -0.2) is 0 Å². The third-order valence-corrected chi connectivity index (χ3v) is 3.78. The molecule has 1 heterocycles. The number of nitrogens with one attached hydrogen (secondary N) is 1. The standard InChI is InChI=1S/C14H29N3O2/c1-5-11(6-2)15-14(19)10-17-9-13(18)7-12(17)8-16(3)4/h11-13,18H,5-10H2,1-4H3,(H,15,19). The molecule has 1 rings (SSSR count). The lowest BCUT2D eigenvalue weighted by Gasteiger charge is -2.26. The number of hydrogen-bond donors (Lipinski definition) is 2. The molecule has 0 bridgehead atoms. The number of likely N-dealkylation sites (N-methyl/N-ethyl adjacent to an activating group) is 1. The molecule has 0 radical (unpaired) electrons. The van der Waals surface area contributed by atoms with Crippen LogP contribution in [0.4, 0.5) is 0 Å². The van der Waals surface area contributed by atoms with E-state index in [2.05, 4.69) is 29.0 Å². The summed E-state index contributed by atoms with van der Waals surface area (Å²) in [6.45, 7) is 6.06. The molecule has 1 fully saturated rings. The van der Waals surface area contributed by atoms with E-state index in [4.69, 9.17) is 0 Å². The average Bonchev–Trinajstić information content (AvgIpc) is 2.65. The number of aliphatic hydroxyl groups excluding tert-OH is 1. The van der Waals surface area contributed by atoms with E-state index in [0.717, 1.165) is 25.8 Å². The normalized spacial score (nSPS) is 24.4. The molecule has 1 saturated heterocycles. The van der Waals surface area contributed by atoms with Gasteiger partial charge in [-0.3, -0.25) is 9.69 Å². The van der Waals surface area contributed by atoms with Crippen molar-refractivity contribution in [3.8, 4) is 0 Å². The predicted molar refractivity (Wildman–Crippen MR) is 77.1 cm³/mol. The highest BCUT2D eigenvalue weighted by molar-refractivity contribution is 5.78. The maximum atomic E-state index is 12.0. The van der Waals surface area contributed by atoms with Crippen LogP contribution in [0.3, 0.4) is 0 Å². The smallest absolute Gasteiger partial charge is 0.234 e. The number of β-amino-alcohol motifs (C(OH)–C–C–N with tert-alkyl or cyclic N) is 1. The minimum absolute atomic E-state index is 0.0755. The Bertz CT molecular complexity index is 280. The quantitative estimate of drug-likeness (QED) is 0.699. The highest BCUT2D eigenvalue weighted by atomic mass is 16.3. The molecule has 1 amide bonds. The number of carbonyl (C=O) groups excluding carboxylic acids is 1. The highest BCUT2D eigenvalue weighted by Crippen LogP contribution is 2.18. The van der Waals surface area contributed by atoms with Crippen molar-refractivity contribution in [2.75, 3.05) is 33.7 Å². The number of aliphatic hydroxyl groups is 1. The number of likely N-dealkylation sites (tertiary alicyclic amines) is 1. The maximum absolute atomic E-state index is 12.0. The highest BCUT2D eigenvalue weighted by Gasteiger charge is 2.32. The summed E-state index contributed by atoms with van der Waals surface area (Å²) in [7, 11) is 4.04. The first-order valence-corrected chi connectivity index (χ1v) is 7.32. The van der Waals surface area contributed by atoms with Gasteiger partial charge in [0, 0.05) is 25.2 Å². The van der Waals surface area contributed by atoms with Crippen molar-refractivity contribution in [1.29, 1.82) is 0 Å². The SMILES string of the molecule is CCC(CC)NC(=O)CN1CC(O)CC1CN(C)C. The second-order valence-electron chi connectivity index (χ2n) is 5.82. The van der Waals surface area contributed by atoms with Gasteiger partial charge in [-0.1, -0.05) is 13.8 Å². The summed E-state index contributed by atoms with van der Waals surface area (Å²) >= 11 is 0. The van der Waals surface area contributed by atoms with Crippen molar-refractivity contribution >= 4 is 5.91 Å². The molecule has 1 aliphatic heterocycles. The van der Waals surface area contributed by atoms with Gasteiger partial charge in [0.2, 0.25) is 5.91 Å². The summed E-state index contributed by atoms with van der Waals surface area (Å²) in [5.74, 6) is 0.0755. The molecule has 0 saturated carbocycles. The van der Waals surface area contributed by atoms with Crippen LogP contribution in [-0.4, -0.2) is 72.7 Å². The lowest BCUT2D eigenvalue weighted by atomic mass is 10.1. The second kappa shape index (κ2) is 7.82. The van der Waals surface area contributed by atoms with Gasteiger partial charge in [0.15, 0.2) is 0 Å². The van der Waals surface area contributed by atoms with E-state index in [1.165, 1.54) is 0 Å².